The summed E-state index contributed by atoms with van der Waals surface area (Å²) in [6, 6.07) is 0.591. The van der Waals surface area contributed by atoms with Gasteiger partial charge in [0.2, 0.25) is 0 Å². The Bertz CT molecular complexity index is 240. The van der Waals surface area contributed by atoms with Crippen molar-refractivity contribution in [3.8, 4) is 0 Å². The number of nitrogens with zero attached hydrogens (tertiary/aromatic N) is 2. The molecule has 1 fully saturated rings. The molecule has 1 N–H and O–H groups in total. The molecule has 110 valence electrons. The average Bonchev–Trinajstić information content (AvgIpc) is 2.59. The zero-order chi connectivity index (χ0) is 12.1. The minimum Gasteiger partial charge on any atom is -0.481 e. The summed E-state index contributed by atoms with van der Waals surface area (Å²) in [5, 5.41) is 8.68. The highest BCUT2D eigenvalue weighted by atomic mass is 35.5. The van der Waals surface area contributed by atoms with Gasteiger partial charge in [-0.25, -0.2) is 0 Å². The van der Waals surface area contributed by atoms with Crippen molar-refractivity contribution in [2.24, 2.45) is 5.92 Å². The quantitative estimate of drug-likeness (QED) is 0.814. The Morgan fingerprint density at radius 3 is 2.39 bits per heavy atom. The van der Waals surface area contributed by atoms with Crippen LogP contribution in [-0.4, -0.2) is 60.6 Å². The molecule has 0 amide bonds. The van der Waals surface area contributed by atoms with Crippen LogP contribution in [0.25, 0.3) is 0 Å². The first kappa shape index (κ1) is 20.3. The summed E-state index contributed by atoms with van der Waals surface area (Å²) in [6.07, 6.45) is 2.72. The smallest absolute Gasteiger partial charge is 0.304 e. The molecular weight excluding hydrogens is 275 g/mol. The van der Waals surface area contributed by atoms with E-state index in [1.165, 1.54) is 12.8 Å². The van der Waals surface area contributed by atoms with Crippen molar-refractivity contribution < 1.29 is 9.90 Å². The van der Waals surface area contributed by atoms with Crippen LogP contribution >= 0.6 is 24.8 Å². The van der Waals surface area contributed by atoms with Gasteiger partial charge in [-0.3, -0.25) is 4.79 Å². The van der Waals surface area contributed by atoms with Gasteiger partial charge in [0.15, 0.2) is 0 Å². The van der Waals surface area contributed by atoms with E-state index < -0.39 is 5.97 Å². The standard InChI is InChI=1S/C12H24N2O2.2ClH/c1-4-5-10-8-14(7-6-12(15)16)9-11(10)13(2)3;;/h10-11H,4-9H2,1-3H3,(H,15,16);2*1H/t10-,11-;;/m0../s1. The molecule has 4 nitrogen and oxygen atoms in total. The summed E-state index contributed by atoms with van der Waals surface area (Å²) in [5.41, 5.74) is 0. The van der Waals surface area contributed by atoms with Crippen molar-refractivity contribution in [2.45, 2.75) is 32.2 Å². The van der Waals surface area contributed by atoms with Gasteiger partial charge in [0.25, 0.3) is 0 Å². The van der Waals surface area contributed by atoms with E-state index in [4.69, 9.17) is 5.11 Å². The van der Waals surface area contributed by atoms with Crippen LogP contribution in [0.1, 0.15) is 26.2 Å². The van der Waals surface area contributed by atoms with Gasteiger partial charge in [-0.1, -0.05) is 13.3 Å². The van der Waals surface area contributed by atoms with Gasteiger partial charge in [0.1, 0.15) is 0 Å². The van der Waals surface area contributed by atoms with Crippen LogP contribution in [0.3, 0.4) is 0 Å². The minimum atomic E-state index is -0.694. The summed E-state index contributed by atoms with van der Waals surface area (Å²) >= 11 is 0. The number of hydrogen-bond donors (Lipinski definition) is 1. The Morgan fingerprint density at radius 2 is 1.94 bits per heavy atom. The van der Waals surface area contributed by atoms with Gasteiger partial charge in [-0.2, -0.15) is 0 Å². The topological polar surface area (TPSA) is 43.8 Å². The van der Waals surface area contributed by atoms with Gasteiger partial charge >= 0.3 is 5.97 Å². The Morgan fingerprint density at radius 1 is 1.33 bits per heavy atom. The molecule has 6 heteroatoms. The van der Waals surface area contributed by atoms with E-state index in [9.17, 15) is 4.79 Å². The summed E-state index contributed by atoms with van der Waals surface area (Å²) in [6.45, 7) is 4.99. The number of hydrogen-bond acceptors (Lipinski definition) is 3. The zero-order valence-corrected chi connectivity index (χ0v) is 13.1. The van der Waals surface area contributed by atoms with Crippen LogP contribution in [0.5, 0.6) is 0 Å². The molecule has 1 aliphatic rings. The molecule has 0 radical (unpaired) electrons. The predicted molar refractivity (Wildman–Crippen MR) is 79.1 cm³/mol. The molecule has 1 saturated heterocycles. The zero-order valence-electron chi connectivity index (χ0n) is 11.5. The van der Waals surface area contributed by atoms with Crippen molar-refractivity contribution in [3.05, 3.63) is 0 Å². The lowest BCUT2D eigenvalue weighted by Gasteiger charge is -2.24. The molecule has 0 aromatic rings. The number of carboxylic acids is 1. The first-order chi connectivity index (χ1) is 7.54. The fraction of sp³-hybridized carbons (Fsp3) is 0.917. The lowest BCUT2D eigenvalue weighted by molar-refractivity contribution is -0.137. The van der Waals surface area contributed by atoms with E-state index in [2.05, 4.69) is 30.8 Å². The second-order valence-corrected chi connectivity index (χ2v) is 4.98. The van der Waals surface area contributed by atoms with Gasteiger partial charge in [-0.15, -0.1) is 24.8 Å². The molecule has 1 rings (SSSR count). The fourth-order valence-corrected chi connectivity index (χ4v) is 2.62. The largest absolute Gasteiger partial charge is 0.481 e. The van der Waals surface area contributed by atoms with Crippen molar-refractivity contribution in [1.29, 1.82) is 0 Å². The van der Waals surface area contributed by atoms with E-state index in [1.807, 2.05) is 0 Å². The Labute approximate surface area is 123 Å². The predicted octanol–water partition coefficient (Wildman–Crippen LogP) is 1.97. The summed E-state index contributed by atoms with van der Waals surface area (Å²) in [4.78, 5) is 15.1. The summed E-state index contributed by atoms with van der Waals surface area (Å²) in [5.74, 6) is 0.00846. The molecule has 18 heavy (non-hydrogen) atoms. The third-order valence-electron chi connectivity index (χ3n) is 3.45. The molecule has 2 atom stereocenters. The van der Waals surface area contributed by atoms with Crippen LogP contribution in [0.15, 0.2) is 0 Å². The van der Waals surface area contributed by atoms with Gasteiger partial charge < -0.3 is 14.9 Å². The van der Waals surface area contributed by atoms with Crippen molar-refractivity contribution in [3.63, 3.8) is 0 Å². The van der Waals surface area contributed by atoms with E-state index in [0.717, 1.165) is 13.1 Å². The van der Waals surface area contributed by atoms with Gasteiger partial charge in [0.05, 0.1) is 6.42 Å². The first-order valence-corrected chi connectivity index (χ1v) is 6.15. The highest BCUT2D eigenvalue weighted by molar-refractivity contribution is 5.85. The van der Waals surface area contributed by atoms with Crippen LogP contribution in [0.2, 0.25) is 0 Å². The fourth-order valence-electron chi connectivity index (χ4n) is 2.62. The van der Waals surface area contributed by atoms with Crippen LogP contribution in [0, 0.1) is 5.92 Å². The van der Waals surface area contributed by atoms with Gasteiger partial charge in [0, 0.05) is 25.7 Å². The maximum absolute atomic E-state index is 10.5. The van der Waals surface area contributed by atoms with Crippen molar-refractivity contribution >= 4 is 30.8 Å². The van der Waals surface area contributed by atoms with E-state index in [0.29, 0.717) is 18.5 Å². The van der Waals surface area contributed by atoms with Crippen LogP contribution < -0.4 is 0 Å². The second kappa shape index (κ2) is 9.84. The second-order valence-electron chi connectivity index (χ2n) is 4.98. The number of carbonyl (C=O) groups is 1. The Balaban J connectivity index is 0. The molecule has 0 aromatic carbocycles. The number of likely N-dealkylation sites (N-methyl/N-ethyl adjacent to an activating group) is 1. The maximum Gasteiger partial charge on any atom is 0.304 e. The number of carboxylic acid groups (broad SMARTS) is 1. The first-order valence-electron chi connectivity index (χ1n) is 6.15. The highest BCUT2D eigenvalue weighted by Gasteiger charge is 2.33. The normalized spacial score (nSPS) is 23.6. The lowest BCUT2D eigenvalue weighted by atomic mass is 9.98. The summed E-state index contributed by atoms with van der Waals surface area (Å²) < 4.78 is 0. The molecule has 0 saturated carbocycles. The molecular formula is C12H26Cl2N2O2. The van der Waals surface area contributed by atoms with Crippen LogP contribution in [0.4, 0.5) is 0 Å². The lowest BCUT2D eigenvalue weighted by Crippen LogP contribution is -2.35. The monoisotopic (exact) mass is 300 g/mol. The average molecular weight is 301 g/mol. The van der Waals surface area contributed by atoms with E-state index in [1.54, 1.807) is 0 Å². The van der Waals surface area contributed by atoms with E-state index in [-0.39, 0.29) is 31.2 Å². The molecule has 0 aromatic heterocycles. The third kappa shape index (κ3) is 6.23. The number of rotatable bonds is 6. The van der Waals surface area contributed by atoms with Crippen molar-refractivity contribution in [2.75, 3.05) is 33.7 Å². The third-order valence-corrected chi connectivity index (χ3v) is 3.45. The molecule has 0 spiro atoms. The maximum atomic E-state index is 10.5. The molecule has 0 unspecified atom stereocenters. The van der Waals surface area contributed by atoms with Crippen molar-refractivity contribution in [1.82, 2.24) is 9.80 Å². The van der Waals surface area contributed by atoms with E-state index >= 15 is 0 Å². The Kier molecular flexibility index (Phi) is 11.1. The number of likely N-dealkylation sites (tertiary alicyclic amines) is 1. The SMILES string of the molecule is CCC[C@H]1CN(CCC(=O)O)C[C@@H]1N(C)C.Cl.Cl. The molecule has 1 heterocycles. The Hall–Kier alpha value is -0.0300. The highest BCUT2D eigenvalue weighted by Crippen LogP contribution is 2.24. The van der Waals surface area contributed by atoms with Crippen LogP contribution in [-0.2, 0) is 4.79 Å². The molecule has 0 aliphatic carbocycles. The number of halogens is 2. The summed E-state index contributed by atoms with van der Waals surface area (Å²) in [7, 11) is 4.24. The molecule has 0 bridgehead atoms. The molecule has 1 aliphatic heterocycles. The minimum absolute atomic E-state index is 0. The van der Waals surface area contributed by atoms with Gasteiger partial charge in [-0.05, 0) is 26.4 Å². The number of aliphatic carboxylic acids is 1.